The van der Waals surface area contributed by atoms with Crippen LogP contribution in [0, 0.1) is 0 Å². The fraction of sp³-hybridized carbons (Fsp3) is 0.0500. The van der Waals surface area contributed by atoms with Crippen molar-refractivity contribution < 1.29 is 4.79 Å². The summed E-state index contributed by atoms with van der Waals surface area (Å²) in [5.41, 5.74) is 3.38. The topological polar surface area (TPSA) is 54.9 Å². The molecular formula is C20H16ClN3O. The van der Waals surface area contributed by atoms with Crippen molar-refractivity contribution in [1.82, 2.24) is 15.3 Å². The van der Waals surface area contributed by atoms with E-state index in [2.05, 4.69) is 15.3 Å². The van der Waals surface area contributed by atoms with Crippen LogP contribution < -0.4 is 5.32 Å². The summed E-state index contributed by atoms with van der Waals surface area (Å²) in [4.78, 5) is 20.4. The highest BCUT2D eigenvalue weighted by Gasteiger charge is 2.03. The Bertz CT molecular complexity index is 894. The highest BCUT2D eigenvalue weighted by molar-refractivity contribution is 6.32. The van der Waals surface area contributed by atoms with E-state index in [9.17, 15) is 4.79 Å². The van der Waals surface area contributed by atoms with E-state index in [1.165, 1.54) is 12.4 Å². The molecule has 0 bridgehead atoms. The molecule has 0 atom stereocenters. The van der Waals surface area contributed by atoms with E-state index in [4.69, 9.17) is 11.6 Å². The number of amides is 1. The second-order valence-electron chi connectivity index (χ2n) is 5.33. The fourth-order valence-corrected chi connectivity index (χ4v) is 2.47. The van der Waals surface area contributed by atoms with Crippen molar-refractivity contribution >= 4 is 23.6 Å². The molecule has 124 valence electrons. The largest absolute Gasteiger partial charge is 0.347 e. The molecule has 1 heterocycles. The minimum Gasteiger partial charge on any atom is -0.347 e. The van der Waals surface area contributed by atoms with Gasteiger partial charge in [0.1, 0.15) is 6.33 Å². The summed E-state index contributed by atoms with van der Waals surface area (Å²) < 4.78 is 0. The average molecular weight is 350 g/mol. The van der Waals surface area contributed by atoms with Gasteiger partial charge in [0.2, 0.25) is 5.91 Å². The molecule has 0 aliphatic rings. The molecule has 3 rings (SSSR count). The molecule has 1 N–H and O–H groups in total. The smallest absolute Gasteiger partial charge is 0.244 e. The van der Waals surface area contributed by atoms with Crippen molar-refractivity contribution in [1.29, 1.82) is 0 Å². The molecule has 0 aliphatic heterocycles. The highest BCUT2D eigenvalue weighted by Crippen LogP contribution is 2.17. The Balaban J connectivity index is 1.62. The molecule has 0 aliphatic carbocycles. The lowest BCUT2D eigenvalue weighted by atomic mass is 10.1. The van der Waals surface area contributed by atoms with Crippen LogP contribution in [0.4, 0.5) is 0 Å². The standard InChI is InChI=1S/C20H16ClN3O/c21-18-9-5-4-6-15(18)10-11-20(25)22-13-17-12-19(24-14-23-17)16-7-2-1-3-8-16/h1-12,14H,13H2,(H,22,25)/b11-10+. The molecule has 0 saturated carbocycles. The van der Waals surface area contributed by atoms with Crippen molar-refractivity contribution in [2.24, 2.45) is 0 Å². The Kier molecular flexibility index (Phi) is 5.54. The number of carbonyl (C=O) groups excluding carboxylic acids is 1. The molecule has 3 aromatic rings. The number of aromatic nitrogens is 2. The molecule has 1 aromatic heterocycles. The first-order valence-electron chi connectivity index (χ1n) is 7.79. The van der Waals surface area contributed by atoms with E-state index in [-0.39, 0.29) is 5.91 Å². The van der Waals surface area contributed by atoms with Gasteiger partial charge in [-0.05, 0) is 23.8 Å². The minimum absolute atomic E-state index is 0.209. The van der Waals surface area contributed by atoms with Gasteiger partial charge in [0, 0.05) is 16.7 Å². The van der Waals surface area contributed by atoms with Crippen LogP contribution in [-0.4, -0.2) is 15.9 Å². The van der Waals surface area contributed by atoms with Gasteiger partial charge < -0.3 is 5.32 Å². The third kappa shape index (κ3) is 4.75. The Hall–Kier alpha value is -2.98. The van der Waals surface area contributed by atoms with Gasteiger partial charge in [0.05, 0.1) is 17.9 Å². The summed E-state index contributed by atoms with van der Waals surface area (Å²) in [6, 6.07) is 19.1. The van der Waals surface area contributed by atoms with Crippen molar-refractivity contribution in [3.05, 3.63) is 89.3 Å². The maximum absolute atomic E-state index is 12.0. The number of nitrogens with zero attached hydrogens (tertiary/aromatic N) is 2. The Morgan fingerprint density at radius 2 is 1.80 bits per heavy atom. The van der Waals surface area contributed by atoms with Crippen LogP contribution in [0.25, 0.3) is 17.3 Å². The zero-order chi connectivity index (χ0) is 17.5. The molecule has 4 nitrogen and oxygen atoms in total. The molecule has 1 amide bonds. The van der Waals surface area contributed by atoms with Gasteiger partial charge in [-0.1, -0.05) is 60.1 Å². The third-order valence-corrected chi connectivity index (χ3v) is 3.90. The van der Waals surface area contributed by atoms with Gasteiger partial charge in [0.25, 0.3) is 0 Å². The monoisotopic (exact) mass is 349 g/mol. The third-order valence-electron chi connectivity index (χ3n) is 3.56. The average Bonchev–Trinajstić information content (AvgIpc) is 2.67. The van der Waals surface area contributed by atoms with Crippen LogP contribution in [-0.2, 0) is 11.3 Å². The van der Waals surface area contributed by atoms with E-state index >= 15 is 0 Å². The summed E-state index contributed by atoms with van der Waals surface area (Å²) in [7, 11) is 0. The van der Waals surface area contributed by atoms with Gasteiger partial charge in [-0.3, -0.25) is 4.79 Å². The highest BCUT2D eigenvalue weighted by atomic mass is 35.5. The predicted octanol–water partition coefficient (Wildman–Crippen LogP) is 4.13. The first kappa shape index (κ1) is 16.9. The molecule has 2 aromatic carbocycles. The molecule has 5 heteroatoms. The first-order chi connectivity index (χ1) is 12.2. The van der Waals surface area contributed by atoms with Gasteiger partial charge in [-0.25, -0.2) is 9.97 Å². The summed E-state index contributed by atoms with van der Waals surface area (Å²) in [5.74, 6) is -0.209. The number of benzene rings is 2. The second kappa shape index (κ2) is 8.22. The molecule has 0 unspecified atom stereocenters. The zero-order valence-corrected chi connectivity index (χ0v) is 14.1. The Labute approximate surface area is 151 Å². The van der Waals surface area contributed by atoms with Crippen LogP contribution in [0.5, 0.6) is 0 Å². The van der Waals surface area contributed by atoms with Gasteiger partial charge in [0.15, 0.2) is 0 Å². The SMILES string of the molecule is O=C(/C=C/c1ccccc1Cl)NCc1cc(-c2ccccc2)ncn1. The molecule has 25 heavy (non-hydrogen) atoms. The van der Waals surface area contributed by atoms with Crippen molar-refractivity contribution in [2.75, 3.05) is 0 Å². The molecule has 0 fully saturated rings. The van der Waals surface area contributed by atoms with E-state index in [1.807, 2.05) is 54.6 Å². The summed E-state index contributed by atoms with van der Waals surface area (Å²) >= 11 is 6.06. The van der Waals surface area contributed by atoms with Gasteiger partial charge in [-0.15, -0.1) is 0 Å². The van der Waals surface area contributed by atoms with Crippen molar-refractivity contribution in [3.63, 3.8) is 0 Å². The fourth-order valence-electron chi connectivity index (χ4n) is 2.27. The second-order valence-corrected chi connectivity index (χ2v) is 5.74. The van der Waals surface area contributed by atoms with Crippen molar-refractivity contribution in [2.45, 2.75) is 6.54 Å². The van der Waals surface area contributed by atoms with E-state index < -0.39 is 0 Å². The van der Waals surface area contributed by atoms with Gasteiger partial charge >= 0.3 is 0 Å². The van der Waals surface area contributed by atoms with Crippen LogP contribution in [0.3, 0.4) is 0 Å². The summed E-state index contributed by atoms with van der Waals surface area (Å²) in [6.45, 7) is 0.327. The number of halogens is 1. The quantitative estimate of drug-likeness (QED) is 0.705. The molecular weight excluding hydrogens is 334 g/mol. The maximum atomic E-state index is 12.0. The number of carbonyl (C=O) groups is 1. The van der Waals surface area contributed by atoms with Crippen LogP contribution in [0.2, 0.25) is 5.02 Å². The van der Waals surface area contributed by atoms with Crippen LogP contribution in [0.1, 0.15) is 11.3 Å². The van der Waals surface area contributed by atoms with E-state index in [0.717, 1.165) is 22.5 Å². The van der Waals surface area contributed by atoms with E-state index in [0.29, 0.717) is 11.6 Å². The zero-order valence-electron chi connectivity index (χ0n) is 13.4. The lowest BCUT2D eigenvalue weighted by Gasteiger charge is -2.05. The van der Waals surface area contributed by atoms with Crippen LogP contribution in [0.15, 0.2) is 73.1 Å². The predicted molar refractivity (Wildman–Crippen MR) is 99.8 cm³/mol. The van der Waals surface area contributed by atoms with Crippen molar-refractivity contribution in [3.8, 4) is 11.3 Å². The summed E-state index contributed by atoms with van der Waals surface area (Å²) in [6.07, 6.45) is 4.65. The summed E-state index contributed by atoms with van der Waals surface area (Å²) in [5, 5.41) is 3.41. The normalized spacial score (nSPS) is 10.8. The lowest BCUT2D eigenvalue weighted by Crippen LogP contribution is -2.21. The number of hydrogen-bond acceptors (Lipinski definition) is 3. The molecule has 0 saturated heterocycles. The number of hydrogen-bond donors (Lipinski definition) is 1. The van der Waals surface area contributed by atoms with Crippen LogP contribution >= 0.6 is 11.6 Å². The lowest BCUT2D eigenvalue weighted by molar-refractivity contribution is -0.116. The maximum Gasteiger partial charge on any atom is 0.244 e. The van der Waals surface area contributed by atoms with E-state index in [1.54, 1.807) is 12.1 Å². The molecule has 0 spiro atoms. The number of nitrogens with one attached hydrogen (secondary N) is 1. The first-order valence-corrected chi connectivity index (χ1v) is 8.17. The Morgan fingerprint density at radius 1 is 1.04 bits per heavy atom. The van der Waals surface area contributed by atoms with Gasteiger partial charge in [-0.2, -0.15) is 0 Å². The Morgan fingerprint density at radius 3 is 2.60 bits per heavy atom. The minimum atomic E-state index is -0.209. The molecule has 0 radical (unpaired) electrons. The number of rotatable bonds is 5.